The highest BCUT2D eigenvalue weighted by atomic mass is 16.2. The number of rotatable bonds is 6. The van der Waals surface area contributed by atoms with Gasteiger partial charge in [-0.1, -0.05) is 24.3 Å². The van der Waals surface area contributed by atoms with Crippen molar-refractivity contribution in [3.8, 4) is 0 Å². The van der Waals surface area contributed by atoms with Gasteiger partial charge >= 0.3 is 17.1 Å². The zero-order valence-electron chi connectivity index (χ0n) is 14.5. The van der Waals surface area contributed by atoms with E-state index in [4.69, 9.17) is 0 Å². The predicted molar refractivity (Wildman–Crippen MR) is 99.4 cm³/mol. The van der Waals surface area contributed by atoms with Gasteiger partial charge in [0.25, 0.3) is 0 Å². The summed E-state index contributed by atoms with van der Waals surface area (Å²) in [4.78, 5) is 42.3. The van der Waals surface area contributed by atoms with Crippen LogP contribution in [0.1, 0.15) is 5.82 Å². The quantitative estimate of drug-likeness (QED) is 0.604. The van der Waals surface area contributed by atoms with E-state index in [1.54, 1.807) is 0 Å². The Bertz CT molecular complexity index is 1130. The number of aryl methyl sites for hydroxylation is 1. The van der Waals surface area contributed by atoms with E-state index >= 15 is 0 Å². The molecule has 26 heavy (non-hydrogen) atoms. The first-order valence-corrected chi connectivity index (χ1v) is 8.06. The van der Waals surface area contributed by atoms with Crippen molar-refractivity contribution < 1.29 is 0 Å². The molecule has 0 radical (unpaired) electrons. The molecule has 0 aliphatic heterocycles. The maximum atomic E-state index is 12.7. The molecular weight excluding hydrogens is 334 g/mol. The molecule has 0 fully saturated rings. The number of imidazole rings is 1. The number of hydrogen-bond donors (Lipinski definition) is 0. The average molecular weight is 353 g/mol. The Balaban J connectivity index is 2.23. The Kier molecular flexibility index (Phi) is 4.57. The maximum Gasteiger partial charge on any atom is 0.337 e. The zero-order valence-corrected chi connectivity index (χ0v) is 14.5. The van der Waals surface area contributed by atoms with Crippen LogP contribution in [0.4, 0.5) is 0 Å². The Hall–Kier alpha value is -3.42. The summed E-state index contributed by atoms with van der Waals surface area (Å²) in [6, 6.07) is 7.52. The standard InChI is InChI=1S/C18H19N5O3/c1-4-10-21-16(24)22(11-5-2)18(26)23(17(21)25)12-15-19-13-8-6-7-9-14(13)20(15)3/h4-9H,1-2,10-12H2,3H3. The van der Waals surface area contributed by atoms with E-state index in [2.05, 4.69) is 18.1 Å². The van der Waals surface area contributed by atoms with Crippen molar-refractivity contribution in [1.82, 2.24) is 23.3 Å². The van der Waals surface area contributed by atoms with E-state index in [0.29, 0.717) is 5.82 Å². The summed E-state index contributed by atoms with van der Waals surface area (Å²) in [5.74, 6) is 0.541. The van der Waals surface area contributed by atoms with Crippen molar-refractivity contribution >= 4 is 11.0 Å². The maximum absolute atomic E-state index is 12.7. The fraction of sp³-hybridized carbons (Fsp3) is 0.222. The topological polar surface area (TPSA) is 83.8 Å². The van der Waals surface area contributed by atoms with Gasteiger partial charge in [0, 0.05) is 7.05 Å². The van der Waals surface area contributed by atoms with Gasteiger partial charge in [0.05, 0.1) is 30.7 Å². The molecule has 0 aliphatic rings. The third-order valence-corrected chi connectivity index (χ3v) is 4.19. The monoisotopic (exact) mass is 353 g/mol. The van der Waals surface area contributed by atoms with Gasteiger partial charge in [-0.05, 0) is 12.1 Å². The minimum Gasteiger partial charge on any atom is -0.330 e. The summed E-state index contributed by atoms with van der Waals surface area (Å²) in [5.41, 5.74) is -0.397. The van der Waals surface area contributed by atoms with Crippen LogP contribution in [0.25, 0.3) is 11.0 Å². The van der Waals surface area contributed by atoms with E-state index in [-0.39, 0.29) is 19.6 Å². The number of allylic oxidation sites excluding steroid dienone is 2. The minimum absolute atomic E-state index is 0.0115. The highest BCUT2D eigenvalue weighted by Gasteiger charge is 2.16. The van der Waals surface area contributed by atoms with Crippen molar-refractivity contribution in [2.24, 2.45) is 7.05 Å². The van der Waals surface area contributed by atoms with Gasteiger partial charge in [-0.3, -0.25) is 0 Å². The number of para-hydroxylation sites is 2. The van der Waals surface area contributed by atoms with Crippen molar-refractivity contribution in [2.75, 3.05) is 0 Å². The van der Waals surface area contributed by atoms with Gasteiger partial charge in [-0.2, -0.15) is 0 Å². The molecule has 2 aromatic heterocycles. The number of aromatic nitrogens is 5. The van der Waals surface area contributed by atoms with Gasteiger partial charge in [0.2, 0.25) is 0 Å². The van der Waals surface area contributed by atoms with Crippen LogP contribution in [0, 0.1) is 0 Å². The molecule has 0 aliphatic carbocycles. The van der Waals surface area contributed by atoms with Crippen LogP contribution in [0.5, 0.6) is 0 Å². The van der Waals surface area contributed by atoms with Crippen molar-refractivity contribution in [3.05, 3.63) is 86.9 Å². The Morgan fingerprint density at radius 3 is 2.00 bits per heavy atom. The van der Waals surface area contributed by atoms with Crippen LogP contribution >= 0.6 is 0 Å². The summed E-state index contributed by atoms with van der Waals surface area (Å²) in [5, 5.41) is 0. The molecule has 0 saturated carbocycles. The molecule has 3 aromatic rings. The van der Waals surface area contributed by atoms with Gasteiger partial charge in [-0.15, -0.1) is 13.2 Å². The molecule has 0 unspecified atom stereocenters. The van der Waals surface area contributed by atoms with E-state index in [0.717, 1.165) is 24.7 Å². The molecule has 8 heteroatoms. The van der Waals surface area contributed by atoms with Crippen LogP contribution in [-0.2, 0) is 26.7 Å². The average Bonchev–Trinajstić information content (AvgIpc) is 2.95. The molecule has 0 spiro atoms. The Morgan fingerprint density at radius 1 is 0.923 bits per heavy atom. The zero-order chi connectivity index (χ0) is 18.8. The number of nitrogens with zero attached hydrogens (tertiary/aromatic N) is 5. The largest absolute Gasteiger partial charge is 0.337 e. The molecule has 1 aromatic carbocycles. The Labute approximate surface area is 148 Å². The highest BCUT2D eigenvalue weighted by Crippen LogP contribution is 2.14. The first-order valence-electron chi connectivity index (χ1n) is 8.06. The molecule has 0 saturated heterocycles. The lowest BCUT2D eigenvalue weighted by Gasteiger charge is -2.12. The second kappa shape index (κ2) is 6.83. The highest BCUT2D eigenvalue weighted by molar-refractivity contribution is 5.75. The second-order valence-electron chi connectivity index (χ2n) is 5.81. The second-order valence-corrected chi connectivity index (χ2v) is 5.81. The van der Waals surface area contributed by atoms with Gasteiger partial charge < -0.3 is 4.57 Å². The van der Waals surface area contributed by atoms with Crippen LogP contribution in [0.2, 0.25) is 0 Å². The summed E-state index contributed by atoms with van der Waals surface area (Å²) in [6.45, 7) is 7.10. The van der Waals surface area contributed by atoms with Crippen LogP contribution in [-0.4, -0.2) is 23.3 Å². The Morgan fingerprint density at radius 2 is 1.46 bits per heavy atom. The molecule has 8 nitrogen and oxygen atoms in total. The van der Waals surface area contributed by atoms with Crippen LogP contribution in [0.15, 0.2) is 64.0 Å². The summed E-state index contributed by atoms with van der Waals surface area (Å²) in [6.07, 6.45) is 2.87. The molecular formula is C18H19N5O3. The molecule has 3 rings (SSSR count). The SMILES string of the molecule is C=CCn1c(=O)n(CC=C)c(=O)n(Cc2nc3ccccc3n2C)c1=O. The van der Waals surface area contributed by atoms with Crippen LogP contribution in [0.3, 0.4) is 0 Å². The summed E-state index contributed by atoms with van der Waals surface area (Å²) >= 11 is 0. The summed E-state index contributed by atoms with van der Waals surface area (Å²) < 4.78 is 4.78. The normalized spacial score (nSPS) is 11.0. The number of benzene rings is 1. The van der Waals surface area contributed by atoms with Gasteiger partial charge in [-0.25, -0.2) is 33.1 Å². The lowest BCUT2D eigenvalue weighted by Crippen LogP contribution is -2.54. The van der Waals surface area contributed by atoms with Gasteiger partial charge in [0.1, 0.15) is 5.82 Å². The number of fused-ring (bicyclic) bond motifs is 1. The molecule has 0 N–H and O–H groups in total. The number of hydrogen-bond acceptors (Lipinski definition) is 4. The summed E-state index contributed by atoms with van der Waals surface area (Å²) in [7, 11) is 1.82. The van der Waals surface area contributed by atoms with Crippen LogP contribution < -0.4 is 17.1 Å². The van der Waals surface area contributed by atoms with Crippen molar-refractivity contribution in [1.29, 1.82) is 0 Å². The first-order chi connectivity index (χ1) is 12.5. The third kappa shape index (κ3) is 2.75. The van der Waals surface area contributed by atoms with Gasteiger partial charge in [0.15, 0.2) is 0 Å². The molecule has 0 bridgehead atoms. The lowest BCUT2D eigenvalue weighted by atomic mass is 10.3. The van der Waals surface area contributed by atoms with Crippen molar-refractivity contribution in [2.45, 2.75) is 19.6 Å². The molecule has 0 atom stereocenters. The molecule has 0 amide bonds. The van der Waals surface area contributed by atoms with E-state index < -0.39 is 17.1 Å². The smallest absolute Gasteiger partial charge is 0.330 e. The van der Waals surface area contributed by atoms with Crippen molar-refractivity contribution in [3.63, 3.8) is 0 Å². The first kappa shape index (κ1) is 17.4. The van der Waals surface area contributed by atoms with E-state index in [9.17, 15) is 14.4 Å². The molecule has 2 heterocycles. The minimum atomic E-state index is -0.688. The van der Waals surface area contributed by atoms with E-state index in [1.165, 1.54) is 12.2 Å². The fourth-order valence-electron chi connectivity index (χ4n) is 2.87. The molecule has 134 valence electrons. The predicted octanol–water partition coefficient (Wildman–Crippen LogP) is 0.479. The fourth-order valence-corrected chi connectivity index (χ4v) is 2.87. The lowest BCUT2D eigenvalue weighted by molar-refractivity contribution is 0.489. The van der Waals surface area contributed by atoms with E-state index in [1.807, 2.05) is 35.9 Å². The third-order valence-electron chi connectivity index (χ3n) is 4.19.